The summed E-state index contributed by atoms with van der Waals surface area (Å²) in [5.41, 5.74) is 7.40. The van der Waals surface area contributed by atoms with E-state index in [2.05, 4.69) is 17.5 Å². The van der Waals surface area contributed by atoms with Crippen LogP contribution in [0.2, 0.25) is 0 Å². The molecular weight excluding hydrogens is 290 g/mol. The Labute approximate surface area is 138 Å². The normalized spacial score (nSPS) is 13.9. The van der Waals surface area contributed by atoms with Crippen molar-refractivity contribution in [2.75, 3.05) is 25.5 Å². The number of carbonyl (C=O) groups excluding carboxylic acids is 2. The SMILES string of the molecule is CC(C)(N)C=O.CNc1ccc(C(=O)N2CC=CCC2)c(C)c1. The van der Waals surface area contributed by atoms with E-state index in [1.165, 1.54) is 0 Å². The highest BCUT2D eigenvalue weighted by Crippen LogP contribution is 2.17. The average molecular weight is 317 g/mol. The number of benzene rings is 1. The highest BCUT2D eigenvalue weighted by Gasteiger charge is 2.17. The van der Waals surface area contributed by atoms with Crippen molar-refractivity contribution in [1.29, 1.82) is 0 Å². The van der Waals surface area contributed by atoms with Gasteiger partial charge in [0.05, 0.1) is 5.54 Å². The molecule has 1 aromatic carbocycles. The van der Waals surface area contributed by atoms with Gasteiger partial charge in [-0.05, 0) is 51.0 Å². The number of hydrogen-bond donors (Lipinski definition) is 2. The number of hydrogen-bond acceptors (Lipinski definition) is 4. The molecule has 0 bridgehead atoms. The summed E-state index contributed by atoms with van der Waals surface area (Å²) >= 11 is 0. The molecule has 0 spiro atoms. The monoisotopic (exact) mass is 317 g/mol. The predicted octanol–water partition coefficient (Wildman–Crippen LogP) is 2.36. The summed E-state index contributed by atoms with van der Waals surface area (Å²) in [6.07, 6.45) is 5.85. The minimum absolute atomic E-state index is 0.134. The van der Waals surface area contributed by atoms with Crippen molar-refractivity contribution in [3.05, 3.63) is 41.5 Å². The molecule has 23 heavy (non-hydrogen) atoms. The van der Waals surface area contributed by atoms with Gasteiger partial charge in [-0.2, -0.15) is 0 Å². The van der Waals surface area contributed by atoms with Crippen LogP contribution < -0.4 is 11.1 Å². The molecule has 3 N–H and O–H groups in total. The molecule has 2 rings (SSSR count). The summed E-state index contributed by atoms with van der Waals surface area (Å²) in [5, 5.41) is 3.08. The second-order valence-corrected chi connectivity index (χ2v) is 6.23. The Morgan fingerprint density at radius 2 is 2.00 bits per heavy atom. The summed E-state index contributed by atoms with van der Waals surface area (Å²) in [4.78, 5) is 23.9. The number of nitrogens with zero attached hydrogens (tertiary/aromatic N) is 1. The topological polar surface area (TPSA) is 75.4 Å². The van der Waals surface area contributed by atoms with E-state index in [-0.39, 0.29) is 5.91 Å². The molecule has 0 saturated heterocycles. The van der Waals surface area contributed by atoms with Crippen molar-refractivity contribution in [3.8, 4) is 0 Å². The van der Waals surface area contributed by atoms with Crippen molar-refractivity contribution in [1.82, 2.24) is 4.90 Å². The Morgan fingerprint density at radius 1 is 1.35 bits per heavy atom. The molecule has 0 fully saturated rings. The highest BCUT2D eigenvalue weighted by molar-refractivity contribution is 5.96. The zero-order valence-corrected chi connectivity index (χ0v) is 14.4. The second kappa shape index (κ2) is 8.48. The number of rotatable bonds is 3. The molecule has 5 heteroatoms. The number of anilines is 1. The number of aldehydes is 1. The van der Waals surface area contributed by atoms with E-state index in [4.69, 9.17) is 5.73 Å². The quantitative estimate of drug-likeness (QED) is 0.663. The number of aryl methyl sites for hydroxylation is 1. The molecule has 1 aromatic rings. The van der Waals surface area contributed by atoms with Gasteiger partial charge in [0.25, 0.3) is 5.91 Å². The zero-order valence-electron chi connectivity index (χ0n) is 14.4. The van der Waals surface area contributed by atoms with Gasteiger partial charge in [-0.1, -0.05) is 12.2 Å². The van der Waals surface area contributed by atoms with Crippen LogP contribution in [0.4, 0.5) is 5.69 Å². The minimum Gasteiger partial charge on any atom is -0.388 e. The van der Waals surface area contributed by atoms with Gasteiger partial charge in [-0.25, -0.2) is 0 Å². The van der Waals surface area contributed by atoms with Crippen molar-refractivity contribution >= 4 is 17.9 Å². The maximum atomic E-state index is 12.3. The molecule has 0 aromatic heterocycles. The first kappa shape index (κ1) is 18.9. The van der Waals surface area contributed by atoms with Gasteiger partial charge >= 0.3 is 0 Å². The Kier molecular flexibility index (Phi) is 6.97. The Hall–Kier alpha value is -2.14. The van der Waals surface area contributed by atoms with Crippen molar-refractivity contribution in [2.45, 2.75) is 32.7 Å². The van der Waals surface area contributed by atoms with E-state index < -0.39 is 5.54 Å². The number of amides is 1. The Morgan fingerprint density at radius 3 is 2.43 bits per heavy atom. The lowest BCUT2D eigenvalue weighted by Crippen LogP contribution is -2.34. The van der Waals surface area contributed by atoms with E-state index >= 15 is 0 Å². The molecule has 1 aliphatic rings. The molecule has 0 radical (unpaired) electrons. The van der Waals surface area contributed by atoms with Crippen LogP contribution in [0, 0.1) is 6.92 Å². The molecule has 5 nitrogen and oxygen atoms in total. The molecule has 1 amide bonds. The molecule has 1 aliphatic heterocycles. The third kappa shape index (κ3) is 6.24. The minimum atomic E-state index is -0.639. The maximum absolute atomic E-state index is 12.3. The average Bonchev–Trinajstić information content (AvgIpc) is 2.55. The fraction of sp³-hybridized carbons (Fsp3) is 0.444. The van der Waals surface area contributed by atoms with Crippen LogP contribution in [0.5, 0.6) is 0 Å². The third-order valence-corrected chi connectivity index (χ3v) is 3.39. The zero-order chi connectivity index (χ0) is 17.5. The summed E-state index contributed by atoms with van der Waals surface area (Å²) in [6.45, 7) is 6.84. The van der Waals surface area contributed by atoms with Crippen LogP contribution in [0.15, 0.2) is 30.4 Å². The van der Waals surface area contributed by atoms with Gasteiger partial charge in [0.1, 0.15) is 6.29 Å². The van der Waals surface area contributed by atoms with Crippen LogP contribution in [0.3, 0.4) is 0 Å². The number of nitrogens with one attached hydrogen (secondary N) is 1. The molecular formula is C18H27N3O2. The molecule has 0 saturated carbocycles. The van der Waals surface area contributed by atoms with E-state index in [1.807, 2.05) is 37.1 Å². The van der Waals surface area contributed by atoms with Crippen LogP contribution in [-0.4, -0.2) is 42.8 Å². The number of nitrogens with two attached hydrogens (primary N) is 1. The highest BCUT2D eigenvalue weighted by atomic mass is 16.2. The van der Waals surface area contributed by atoms with Gasteiger partial charge in [-0.15, -0.1) is 0 Å². The lowest BCUT2D eigenvalue weighted by Gasteiger charge is -2.24. The van der Waals surface area contributed by atoms with Crippen LogP contribution in [-0.2, 0) is 4.79 Å². The van der Waals surface area contributed by atoms with Crippen LogP contribution >= 0.6 is 0 Å². The lowest BCUT2D eigenvalue weighted by atomic mass is 10.1. The summed E-state index contributed by atoms with van der Waals surface area (Å²) in [5.74, 6) is 0.134. The van der Waals surface area contributed by atoms with Gasteiger partial charge in [0, 0.05) is 31.4 Å². The first-order valence-corrected chi connectivity index (χ1v) is 7.76. The van der Waals surface area contributed by atoms with E-state index in [0.29, 0.717) is 6.29 Å². The molecule has 0 atom stereocenters. The van der Waals surface area contributed by atoms with Gasteiger partial charge in [-0.3, -0.25) is 4.79 Å². The smallest absolute Gasteiger partial charge is 0.254 e. The number of carbonyl (C=O) groups is 2. The van der Waals surface area contributed by atoms with Crippen molar-refractivity contribution in [2.24, 2.45) is 5.73 Å². The summed E-state index contributed by atoms with van der Waals surface area (Å²) in [7, 11) is 1.88. The van der Waals surface area contributed by atoms with Gasteiger partial charge in [0.15, 0.2) is 0 Å². The van der Waals surface area contributed by atoms with Crippen LogP contribution in [0.1, 0.15) is 36.2 Å². The third-order valence-electron chi connectivity index (χ3n) is 3.39. The molecule has 126 valence electrons. The first-order chi connectivity index (χ1) is 10.8. The second-order valence-electron chi connectivity index (χ2n) is 6.23. The van der Waals surface area contributed by atoms with Crippen molar-refractivity contribution < 1.29 is 9.59 Å². The van der Waals surface area contributed by atoms with E-state index in [9.17, 15) is 9.59 Å². The fourth-order valence-corrected chi connectivity index (χ4v) is 2.06. The largest absolute Gasteiger partial charge is 0.388 e. The summed E-state index contributed by atoms with van der Waals surface area (Å²) in [6, 6.07) is 5.86. The lowest BCUT2D eigenvalue weighted by molar-refractivity contribution is -0.111. The van der Waals surface area contributed by atoms with Gasteiger partial charge in [0.2, 0.25) is 0 Å². The first-order valence-electron chi connectivity index (χ1n) is 7.76. The van der Waals surface area contributed by atoms with Crippen molar-refractivity contribution in [3.63, 3.8) is 0 Å². The Balaban J connectivity index is 0.000000379. The molecule has 1 heterocycles. The molecule has 0 aliphatic carbocycles. The van der Waals surface area contributed by atoms with Crippen LogP contribution in [0.25, 0.3) is 0 Å². The molecule has 0 unspecified atom stereocenters. The fourth-order valence-electron chi connectivity index (χ4n) is 2.06. The Bertz CT molecular complexity index is 574. The predicted molar refractivity (Wildman–Crippen MR) is 94.7 cm³/mol. The standard InChI is InChI=1S/C14H18N2O.C4H9NO/c1-11-10-12(15-2)6-7-13(11)14(17)16-8-4-3-5-9-16;1-4(2,5)3-6/h3-4,6-7,10,15H,5,8-9H2,1-2H3;3H,5H2,1-2H3. The summed E-state index contributed by atoms with van der Waals surface area (Å²) < 4.78 is 0. The van der Waals surface area contributed by atoms with Gasteiger partial charge < -0.3 is 20.7 Å². The maximum Gasteiger partial charge on any atom is 0.254 e. The van der Waals surface area contributed by atoms with E-state index in [1.54, 1.807) is 13.8 Å². The van der Waals surface area contributed by atoms with E-state index in [0.717, 1.165) is 36.3 Å².